The van der Waals surface area contributed by atoms with Gasteiger partial charge in [0.1, 0.15) is 6.54 Å². The van der Waals surface area contributed by atoms with Crippen LogP contribution in [0.2, 0.25) is 0 Å². The molecule has 9 heteroatoms. The number of methoxy groups -OCH3 is 1. The van der Waals surface area contributed by atoms with Crippen LogP contribution in [0, 0.1) is 16.7 Å². The molecule has 1 atom stereocenters. The molecular formula is C21H23F3N4O2. The summed E-state index contributed by atoms with van der Waals surface area (Å²) in [4.78, 5) is 18.4. The number of nitriles is 1. The van der Waals surface area contributed by atoms with Gasteiger partial charge in [0.15, 0.2) is 5.54 Å². The summed E-state index contributed by atoms with van der Waals surface area (Å²) in [5, 5.41) is 12.5. The van der Waals surface area contributed by atoms with Gasteiger partial charge in [-0.15, -0.1) is 0 Å². The minimum Gasteiger partial charge on any atom is -0.381 e. The third-order valence-electron chi connectivity index (χ3n) is 6.86. The van der Waals surface area contributed by atoms with Crippen molar-refractivity contribution in [2.45, 2.75) is 49.9 Å². The van der Waals surface area contributed by atoms with Crippen LogP contribution in [0.15, 0.2) is 23.2 Å². The molecule has 1 aliphatic heterocycles. The summed E-state index contributed by atoms with van der Waals surface area (Å²) in [7, 11) is 3.01. The lowest BCUT2D eigenvalue weighted by Crippen LogP contribution is -2.57. The standard InChI is InChI=1S/C21H23F3N4O2/c1-26-18-27-21(17(29)28(18)12-20(22,23)24)16-9-13(11-25)3-4-14(16)10-19(21)7-5-15(30-2)6-8-19/h3-4,9,15H,5-8,10,12H2,1-2H3,(H,26,27). The Balaban J connectivity index is 1.87. The fraction of sp³-hybridized carbons (Fsp3) is 0.571. The van der Waals surface area contributed by atoms with Crippen molar-refractivity contribution in [3.05, 3.63) is 34.9 Å². The number of halogens is 3. The summed E-state index contributed by atoms with van der Waals surface area (Å²) in [5.74, 6) is -0.731. The molecule has 160 valence electrons. The van der Waals surface area contributed by atoms with Gasteiger partial charge in [-0.2, -0.15) is 18.4 Å². The summed E-state index contributed by atoms with van der Waals surface area (Å²) in [6, 6.07) is 7.22. The Kier molecular flexibility index (Phi) is 4.81. The monoisotopic (exact) mass is 420 g/mol. The van der Waals surface area contributed by atoms with Crippen LogP contribution in [0.1, 0.15) is 42.4 Å². The number of rotatable bonds is 2. The van der Waals surface area contributed by atoms with E-state index in [0.29, 0.717) is 48.1 Å². The number of hydrogen-bond donors (Lipinski definition) is 1. The molecule has 1 N–H and O–H groups in total. The number of aliphatic imine (C=N–C) groups is 1. The number of carbonyl (C=O) groups excluding carboxylic acids is 1. The van der Waals surface area contributed by atoms with Gasteiger partial charge in [0.05, 0.1) is 17.7 Å². The molecule has 1 saturated heterocycles. The molecular weight excluding hydrogens is 397 g/mol. The number of nitrogens with one attached hydrogen (secondary N) is 1. The van der Waals surface area contributed by atoms with Crippen molar-refractivity contribution >= 4 is 11.9 Å². The number of ether oxygens (including phenoxy) is 1. The minimum atomic E-state index is -4.56. The normalized spacial score (nSPS) is 32.0. The number of hydrogen-bond acceptors (Lipinski definition) is 4. The van der Waals surface area contributed by atoms with Gasteiger partial charge in [-0.25, -0.2) is 0 Å². The first-order valence-electron chi connectivity index (χ1n) is 9.90. The first-order valence-corrected chi connectivity index (χ1v) is 9.90. The number of fused-ring (bicyclic) bond motifs is 3. The second-order valence-electron chi connectivity index (χ2n) is 8.30. The van der Waals surface area contributed by atoms with E-state index >= 15 is 0 Å². The third-order valence-corrected chi connectivity index (χ3v) is 6.86. The lowest BCUT2D eigenvalue weighted by Gasteiger charge is -2.46. The molecule has 0 bridgehead atoms. The van der Waals surface area contributed by atoms with E-state index in [1.165, 1.54) is 7.05 Å². The zero-order valence-electron chi connectivity index (χ0n) is 16.8. The average Bonchev–Trinajstić information content (AvgIpc) is 3.14. The highest BCUT2D eigenvalue weighted by Crippen LogP contribution is 2.60. The summed E-state index contributed by atoms with van der Waals surface area (Å²) in [5.41, 5.74) is -0.127. The Labute approximate surface area is 172 Å². The van der Waals surface area contributed by atoms with Crippen LogP contribution >= 0.6 is 0 Å². The molecule has 2 aliphatic carbocycles. The van der Waals surface area contributed by atoms with Crippen LogP contribution in [0.25, 0.3) is 0 Å². The van der Waals surface area contributed by atoms with Crippen molar-refractivity contribution in [2.24, 2.45) is 10.4 Å². The molecule has 2 spiro atoms. The third kappa shape index (κ3) is 2.88. The zero-order valence-corrected chi connectivity index (χ0v) is 16.8. The summed E-state index contributed by atoms with van der Waals surface area (Å²) in [6.07, 6.45) is -1.27. The van der Waals surface area contributed by atoms with E-state index in [9.17, 15) is 23.2 Å². The van der Waals surface area contributed by atoms with Crippen LogP contribution in [-0.4, -0.2) is 49.7 Å². The van der Waals surface area contributed by atoms with Crippen LogP contribution in [-0.2, 0) is 21.5 Å². The maximum atomic E-state index is 13.7. The van der Waals surface area contributed by atoms with Crippen molar-refractivity contribution in [3.63, 3.8) is 0 Å². The molecule has 0 radical (unpaired) electrons. The maximum absolute atomic E-state index is 13.7. The lowest BCUT2D eigenvalue weighted by atomic mass is 9.61. The highest BCUT2D eigenvalue weighted by molar-refractivity contribution is 6.10. The first-order chi connectivity index (χ1) is 14.2. The highest BCUT2D eigenvalue weighted by Gasteiger charge is 2.68. The Morgan fingerprint density at radius 1 is 1.37 bits per heavy atom. The Bertz CT molecular complexity index is 945. The number of carbonyl (C=O) groups is 1. The van der Waals surface area contributed by atoms with Gasteiger partial charge in [0, 0.05) is 19.6 Å². The fourth-order valence-electron chi connectivity index (χ4n) is 5.50. The van der Waals surface area contributed by atoms with Crippen molar-refractivity contribution in [3.8, 4) is 6.07 Å². The predicted molar refractivity (Wildman–Crippen MR) is 102 cm³/mol. The van der Waals surface area contributed by atoms with Gasteiger partial charge in [-0.1, -0.05) is 6.07 Å². The molecule has 4 rings (SSSR count). The quantitative estimate of drug-likeness (QED) is 0.798. The van der Waals surface area contributed by atoms with Crippen molar-refractivity contribution in [1.82, 2.24) is 10.2 Å². The van der Waals surface area contributed by atoms with Crippen molar-refractivity contribution < 1.29 is 22.7 Å². The zero-order chi connectivity index (χ0) is 21.7. The predicted octanol–water partition coefficient (Wildman–Crippen LogP) is 2.86. The Morgan fingerprint density at radius 2 is 2.07 bits per heavy atom. The number of nitrogens with zero attached hydrogens (tertiary/aromatic N) is 3. The molecule has 1 aromatic carbocycles. The van der Waals surface area contributed by atoms with Crippen molar-refractivity contribution in [2.75, 3.05) is 20.7 Å². The van der Waals surface area contributed by atoms with Crippen LogP contribution < -0.4 is 5.32 Å². The van der Waals surface area contributed by atoms with Gasteiger partial charge in [0.25, 0.3) is 5.91 Å². The molecule has 1 saturated carbocycles. The molecule has 1 aromatic rings. The summed E-state index contributed by atoms with van der Waals surface area (Å²) >= 11 is 0. The molecule has 30 heavy (non-hydrogen) atoms. The van der Waals surface area contributed by atoms with E-state index in [2.05, 4.69) is 16.4 Å². The van der Waals surface area contributed by atoms with Gasteiger partial charge in [-0.3, -0.25) is 14.7 Å². The highest BCUT2D eigenvalue weighted by atomic mass is 19.4. The van der Waals surface area contributed by atoms with Crippen LogP contribution in [0.3, 0.4) is 0 Å². The van der Waals surface area contributed by atoms with Crippen molar-refractivity contribution in [1.29, 1.82) is 5.26 Å². The molecule has 0 aromatic heterocycles. The number of benzene rings is 1. The van der Waals surface area contributed by atoms with Gasteiger partial charge >= 0.3 is 6.18 Å². The molecule has 2 fully saturated rings. The second kappa shape index (κ2) is 6.98. The molecule has 1 heterocycles. The molecule has 1 unspecified atom stereocenters. The van der Waals surface area contributed by atoms with E-state index in [4.69, 9.17) is 4.74 Å². The summed E-state index contributed by atoms with van der Waals surface area (Å²) in [6.45, 7) is -1.41. The number of alkyl halides is 3. The average molecular weight is 420 g/mol. The molecule has 3 aliphatic rings. The van der Waals surface area contributed by atoms with Gasteiger partial charge < -0.3 is 10.1 Å². The molecule has 1 amide bonds. The summed E-state index contributed by atoms with van der Waals surface area (Å²) < 4.78 is 45.3. The first kappa shape index (κ1) is 20.7. The van der Waals surface area contributed by atoms with Gasteiger partial charge in [-0.05, 0) is 55.4 Å². The van der Waals surface area contributed by atoms with E-state index in [1.54, 1.807) is 19.2 Å². The Morgan fingerprint density at radius 3 is 2.63 bits per heavy atom. The van der Waals surface area contributed by atoms with Crippen LogP contribution in [0.4, 0.5) is 13.2 Å². The van der Waals surface area contributed by atoms with E-state index in [0.717, 1.165) is 5.56 Å². The Hall–Kier alpha value is -2.60. The largest absolute Gasteiger partial charge is 0.406 e. The van der Waals surface area contributed by atoms with E-state index in [-0.39, 0.29) is 12.1 Å². The fourth-order valence-corrected chi connectivity index (χ4v) is 5.50. The number of guanidine groups is 1. The smallest absolute Gasteiger partial charge is 0.381 e. The number of amides is 1. The van der Waals surface area contributed by atoms with E-state index < -0.39 is 29.6 Å². The lowest BCUT2D eigenvalue weighted by molar-refractivity contribution is -0.157. The van der Waals surface area contributed by atoms with Gasteiger partial charge in [0.2, 0.25) is 5.96 Å². The second-order valence-corrected chi connectivity index (χ2v) is 8.30. The molecule has 6 nitrogen and oxygen atoms in total. The topological polar surface area (TPSA) is 77.7 Å². The van der Waals surface area contributed by atoms with Crippen LogP contribution in [0.5, 0.6) is 0 Å². The maximum Gasteiger partial charge on any atom is 0.406 e. The van der Waals surface area contributed by atoms with E-state index in [1.807, 2.05) is 6.07 Å². The minimum absolute atomic E-state index is 0.0631. The SMILES string of the molecule is CN=C1NC2(C(=O)N1CC(F)(F)F)c1cc(C#N)ccc1CC21CCC(OC)CC1.